The Morgan fingerprint density at radius 3 is 2.40 bits per heavy atom. The number of thiazole rings is 1. The monoisotopic (exact) mass is 357 g/mol. The number of carbonyl (C=O) groups is 2. The highest BCUT2D eigenvalue weighted by Crippen LogP contribution is 2.27. The van der Waals surface area contributed by atoms with Gasteiger partial charge in [0.1, 0.15) is 0 Å². The zero-order valence-corrected chi connectivity index (χ0v) is 15.6. The Bertz CT molecular complexity index is 778. The van der Waals surface area contributed by atoms with Crippen LogP contribution in [0.25, 0.3) is 0 Å². The molecule has 3 rings (SSSR count). The summed E-state index contributed by atoms with van der Waals surface area (Å²) in [7, 11) is 0. The standard InChI is InChI=1S/C19H23N3O2S/c1-11(17-12(2)25-13(3)21-17)20-18(23)15-7-9-16(10-8-15)22-19(24)14-5-4-6-14/h7-11,14H,4-6H2,1-3H3,(H,20,23)(H,22,24). The Balaban J connectivity index is 1.60. The summed E-state index contributed by atoms with van der Waals surface area (Å²) in [4.78, 5) is 30.0. The van der Waals surface area contributed by atoms with Gasteiger partial charge in [0, 0.05) is 22.0 Å². The Morgan fingerprint density at radius 1 is 1.20 bits per heavy atom. The molecule has 0 saturated heterocycles. The fraction of sp³-hybridized carbons (Fsp3) is 0.421. The third-order valence-corrected chi connectivity index (χ3v) is 5.49. The second-order valence-corrected chi connectivity index (χ2v) is 7.97. The number of nitrogens with zero attached hydrogens (tertiary/aromatic N) is 1. The van der Waals surface area contributed by atoms with Crippen molar-refractivity contribution in [2.75, 3.05) is 5.32 Å². The number of anilines is 1. The molecular weight excluding hydrogens is 334 g/mol. The molecule has 2 aromatic rings. The quantitative estimate of drug-likeness (QED) is 0.850. The summed E-state index contributed by atoms with van der Waals surface area (Å²) >= 11 is 1.63. The van der Waals surface area contributed by atoms with Crippen LogP contribution in [0.15, 0.2) is 24.3 Å². The lowest BCUT2D eigenvalue weighted by Gasteiger charge is -2.24. The van der Waals surface area contributed by atoms with E-state index in [0.717, 1.165) is 40.5 Å². The van der Waals surface area contributed by atoms with Gasteiger partial charge in [-0.2, -0.15) is 0 Å². The Kier molecular flexibility index (Phi) is 5.18. The van der Waals surface area contributed by atoms with E-state index in [-0.39, 0.29) is 23.8 Å². The topological polar surface area (TPSA) is 71.1 Å². The lowest BCUT2D eigenvalue weighted by atomic mass is 9.85. The molecule has 1 aromatic heterocycles. The normalized spacial score (nSPS) is 15.3. The van der Waals surface area contributed by atoms with Crippen LogP contribution in [0, 0.1) is 19.8 Å². The number of nitrogens with one attached hydrogen (secondary N) is 2. The molecule has 0 bridgehead atoms. The Morgan fingerprint density at radius 2 is 1.88 bits per heavy atom. The van der Waals surface area contributed by atoms with Gasteiger partial charge >= 0.3 is 0 Å². The van der Waals surface area contributed by atoms with Crippen LogP contribution in [0.4, 0.5) is 5.69 Å². The molecule has 132 valence electrons. The number of carbonyl (C=O) groups excluding carboxylic acids is 2. The molecule has 1 unspecified atom stereocenters. The second-order valence-electron chi connectivity index (χ2n) is 6.56. The van der Waals surface area contributed by atoms with Gasteiger partial charge in [0.2, 0.25) is 5.91 Å². The van der Waals surface area contributed by atoms with E-state index in [1.807, 2.05) is 20.8 Å². The molecular formula is C19H23N3O2S. The largest absolute Gasteiger partial charge is 0.344 e. The fourth-order valence-corrected chi connectivity index (χ4v) is 3.83. The van der Waals surface area contributed by atoms with Crippen molar-refractivity contribution in [3.8, 4) is 0 Å². The van der Waals surface area contributed by atoms with Crippen molar-refractivity contribution >= 4 is 28.8 Å². The van der Waals surface area contributed by atoms with E-state index in [4.69, 9.17) is 0 Å². The number of aryl methyl sites for hydroxylation is 2. The average Bonchev–Trinajstić information content (AvgIpc) is 2.84. The lowest BCUT2D eigenvalue weighted by Crippen LogP contribution is -2.28. The number of aromatic nitrogens is 1. The molecule has 0 spiro atoms. The summed E-state index contributed by atoms with van der Waals surface area (Å²) in [5, 5.41) is 6.89. The van der Waals surface area contributed by atoms with Crippen molar-refractivity contribution in [1.29, 1.82) is 0 Å². The van der Waals surface area contributed by atoms with Crippen LogP contribution in [0.2, 0.25) is 0 Å². The van der Waals surface area contributed by atoms with Gasteiger partial charge in [-0.1, -0.05) is 6.42 Å². The fourth-order valence-electron chi connectivity index (χ4n) is 2.91. The van der Waals surface area contributed by atoms with E-state index in [9.17, 15) is 9.59 Å². The summed E-state index contributed by atoms with van der Waals surface area (Å²) in [5.41, 5.74) is 2.21. The maximum absolute atomic E-state index is 12.4. The van der Waals surface area contributed by atoms with E-state index in [1.54, 1.807) is 35.6 Å². The first-order valence-corrected chi connectivity index (χ1v) is 9.41. The maximum Gasteiger partial charge on any atom is 0.251 e. The van der Waals surface area contributed by atoms with Gasteiger partial charge in [0.25, 0.3) is 5.91 Å². The van der Waals surface area contributed by atoms with Gasteiger partial charge in [-0.3, -0.25) is 9.59 Å². The molecule has 1 atom stereocenters. The third kappa shape index (κ3) is 4.07. The number of hydrogen-bond donors (Lipinski definition) is 2. The molecule has 1 heterocycles. The molecule has 1 aromatic carbocycles. The predicted octanol–water partition coefficient (Wildman–Crippen LogP) is 3.99. The average molecular weight is 357 g/mol. The van der Waals surface area contributed by atoms with Crippen molar-refractivity contribution in [3.63, 3.8) is 0 Å². The number of benzene rings is 1. The molecule has 1 aliphatic carbocycles. The first-order chi connectivity index (χ1) is 11.9. The SMILES string of the molecule is Cc1nc(C(C)NC(=O)c2ccc(NC(=O)C3CCC3)cc2)c(C)s1. The summed E-state index contributed by atoms with van der Waals surface area (Å²) in [6.07, 6.45) is 3.08. The van der Waals surface area contributed by atoms with Crippen LogP contribution >= 0.6 is 11.3 Å². The zero-order chi connectivity index (χ0) is 18.0. The van der Waals surface area contributed by atoms with E-state index < -0.39 is 0 Å². The Labute approximate surface area is 151 Å². The van der Waals surface area contributed by atoms with E-state index in [1.165, 1.54) is 0 Å². The number of rotatable bonds is 5. The molecule has 1 aliphatic rings. The van der Waals surface area contributed by atoms with Gasteiger partial charge in [-0.15, -0.1) is 11.3 Å². The molecule has 2 N–H and O–H groups in total. The molecule has 1 fully saturated rings. The molecule has 0 aliphatic heterocycles. The Hall–Kier alpha value is -2.21. The predicted molar refractivity (Wildman–Crippen MR) is 99.9 cm³/mol. The first kappa shape index (κ1) is 17.6. The van der Waals surface area contributed by atoms with E-state index in [2.05, 4.69) is 15.6 Å². The summed E-state index contributed by atoms with van der Waals surface area (Å²) in [6.45, 7) is 5.92. The second kappa shape index (κ2) is 7.35. The van der Waals surface area contributed by atoms with E-state index >= 15 is 0 Å². The van der Waals surface area contributed by atoms with Gasteiger partial charge in [-0.25, -0.2) is 4.98 Å². The van der Waals surface area contributed by atoms with Gasteiger partial charge in [-0.05, 0) is 57.9 Å². The van der Waals surface area contributed by atoms with E-state index in [0.29, 0.717) is 5.56 Å². The molecule has 6 heteroatoms. The number of hydrogen-bond acceptors (Lipinski definition) is 4. The van der Waals surface area contributed by atoms with Gasteiger partial charge < -0.3 is 10.6 Å². The highest BCUT2D eigenvalue weighted by Gasteiger charge is 2.25. The first-order valence-electron chi connectivity index (χ1n) is 8.59. The molecule has 0 radical (unpaired) electrons. The van der Waals surface area contributed by atoms with Crippen LogP contribution in [0.5, 0.6) is 0 Å². The number of amides is 2. The van der Waals surface area contributed by atoms with Crippen LogP contribution in [-0.4, -0.2) is 16.8 Å². The highest BCUT2D eigenvalue weighted by atomic mass is 32.1. The minimum atomic E-state index is -0.144. The maximum atomic E-state index is 12.4. The van der Waals surface area contributed by atoms with Crippen molar-refractivity contribution < 1.29 is 9.59 Å². The zero-order valence-electron chi connectivity index (χ0n) is 14.8. The lowest BCUT2D eigenvalue weighted by molar-refractivity contribution is -0.122. The molecule has 2 amide bonds. The van der Waals surface area contributed by atoms with Crippen LogP contribution < -0.4 is 10.6 Å². The van der Waals surface area contributed by atoms with Crippen molar-refractivity contribution in [3.05, 3.63) is 45.4 Å². The molecule has 5 nitrogen and oxygen atoms in total. The van der Waals surface area contributed by atoms with Crippen molar-refractivity contribution in [2.24, 2.45) is 5.92 Å². The van der Waals surface area contributed by atoms with Crippen molar-refractivity contribution in [2.45, 2.75) is 46.1 Å². The van der Waals surface area contributed by atoms with Crippen LogP contribution in [-0.2, 0) is 4.79 Å². The third-order valence-electron chi connectivity index (χ3n) is 4.59. The van der Waals surface area contributed by atoms with Crippen LogP contribution in [0.1, 0.15) is 58.2 Å². The van der Waals surface area contributed by atoms with Gasteiger partial charge in [0.05, 0.1) is 16.7 Å². The summed E-state index contributed by atoms with van der Waals surface area (Å²) < 4.78 is 0. The summed E-state index contributed by atoms with van der Waals surface area (Å²) in [6, 6.07) is 6.87. The minimum absolute atomic E-state index is 0.0754. The highest BCUT2D eigenvalue weighted by molar-refractivity contribution is 7.11. The molecule has 25 heavy (non-hydrogen) atoms. The molecule has 1 saturated carbocycles. The minimum Gasteiger partial charge on any atom is -0.344 e. The van der Waals surface area contributed by atoms with Crippen molar-refractivity contribution in [1.82, 2.24) is 10.3 Å². The smallest absolute Gasteiger partial charge is 0.251 e. The summed E-state index contributed by atoms with van der Waals surface area (Å²) in [5.74, 6) is 0.0782. The van der Waals surface area contributed by atoms with Gasteiger partial charge in [0.15, 0.2) is 0 Å². The van der Waals surface area contributed by atoms with Crippen LogP contribution in [0.3, 0.4) is 0 Å².